The summed E-state index contributed by atoms with van der Waals surface area (Å²) in [4.78, 5) is 22.3. The maximum absolute atomic E-state index is 12.6. The standard InChI is InChI=1S/C21H24N4O2S/c1-15-5-3-6-17(16(15)2)24-10-12-25(13-11-24)20(26)9-8-19-22-21(23-27-19)18-7-4-14-28-18/h3-7,14H,8-13H2,1-2H3. The monoisotopic (exact) mass is 396 g/mol. The minimum absolute atomic E-state index is 0.150. The topological polar surface area (TPSA) is 62.5 Å². The van der Waals surface area contributed by atoms with E-state index in [1.165, 1.54) is 16.8 Å². The van der Waals surface area contributed by atoms with Gasteiger partial charge in [-0.25, -0.2) is 0 Å². The van der Waals surface area contributed by atoms with Crippen molar-refractivity contribution in [3.63, 3.8) is 0 Å². The summed E-state index contributed by atoms with van der Waals surface area (Å²) < 4.78 is 5.29. The van der Waals surface area contributed by atoms with Crippen LogP contribution in [-0.4, -0.2) is 47.1 Å². The van der Waals surface area contributed by atoms with Crippen molar-refractivity contribution in [2.45, 2.75) is 26.7 Å². The Bertz CT molecular complexity index is 943. The quantitative estimate of drug-likeness (QED) is 0.658. The van der Waals surface area contributed by atoms with E-state index in [1.807, 2.05) is 22.4 Å². The van der Waals surface area contributed by atoms with Crippen LogP contribution in [0.3, 0.4) is 0 Å². The molecule has 1 fully saturated rings. The number of piperazine rings is 1. The van der Waals surface area contributed by atoms with E-state index < -0.39 is 0 Å². The smallest absolute Gasteiger partial charge is 0.227 e. The highest BCUT2D eigenvalue weighted by atomic mass is 32.1. The van der Waals surface area contributed by atoms with Gasteiger partial charge < -0.3 is 14.3 Å². The molecule has 0 aliphatic carbocycles. The van der Waals surface area contributed by atoms with Crippen molar-refractivity contribution in [1.82, 2.24) is 15.0 Å². The summed E-state index contributed by atoms with van der Waals surface area (Å²) in [6.45, 7) is 7.52. The number of rotatable bonds is 5. The number of benzene rings is 1. The van der Waals surface area contributed by atoms with Gasteiger partial charge in [0.05, 0.1) is 4.88 Å². The van der Waals surface area contributed by atoms with Gasteiger partial charge >= 0.3 is 0 Å². The van der Waals surface area contributed by atoms with Crippen LogP contribution < -0.4 is 4.90 Å². The third kappa shape index (κ3) is 3.94. The second kappa shape index (κ2) is 8.14. The lowest BCUT2D eigenvalue weighted by atomic mass is 10.1. The molecule has 0 unspecified atom stereocenters. The van der Waals surface area contributed by atoms with Gasteiger partial charge in [-0.15, -0.1) is 11.3 Å². The zero-order valence-electron chi connectivity index (χ0n) is 16.2. The van der Waals surface area contributed by atoms with Gasteiger partial charge in [-0.2, -0.15) is 4.98 Å². The van der Waals surface area contributed by atoms with Crippen molar-refractivity contribution in [3.8, 4) is 10.7 Å². The molecule has 28 heavy (non-hydrogen) atoms. The zero-order valence-corrected chi connectivity index (χ0v) is 17.0. The number of hydrogen-bond acceptors (Lipinski definition) is 6. The molecule has 1 aromatic carbocycles. The number of amides is 1. The molecule has 0 bridgehead atoms. The van der Waals surface area contributed by atoms with Gasteiger partial charge in [0.25, 0.3) is 0 Å². The highest BCUT2D eigenvalue weighted by Gasteiger charge is 2.22. The fourth-order valence-electron chi connectivity index (χ4n) is 3.51. The summed E-state index contributed by atoms with van der Waals surface area (Å²) in [5.74, 6) is 1.27. The Labute approximate surface area is 168 Å². The van der Waals surface area contributed by atoms with Gasteiger partial charge in [0.1, 0.15) is 0 Å². The van der Waals surface area contributed by atoms with Crippen molar-refractivity contribution in [3.05, 3.63) is 52.7 Å². The molecule has 0 radical (unpaired) electrons. The molecular formula is C21H24N4O2S. The first-order chi connectivity index (χ1) is 13.6. The van der Waals surface area contributed by atoms with Gasteiger partial charge in [-0.1, -0.05) is 23.4 Å². The van der Waals surface area contributed by atoms with Crippen LogP contribution in [0.1, 0.15) is 23.4 Å². The highest BCUT2D eigenvalue weighted by Crippen LogP contribution is 2.24. The van der Waals surface area contributed by atoms with Crippen LogP contribution in [0.4, 0.5) is 5.69 Å². The molecule has 0 atom stereocenters. The average molecular weight is 397 g/mol. The first-order valence-corrected chi connectivity index (χ1v) is 10.4. The molecule has 4 rings (SSSR count). The number of aryl methyl sites for hydroxylation is 2. The first-order valence-electron chi connectivity index (χ1n) is 9.57. The van der Waals surface area contributed by atoms with Crippen molar-refractivity contribution >= 4 is 22.9 Å². The second-order valence-electron chi connectivity index (χ2n) is 7.08. The molecule has 6 nitrogen and oxygen atoms in total. The molecule has 1 saturated heterocycles. The minimum Gasteiger partial charge on any atom is -0.368 e. The number of carbonyl (C=O) groups excluding carboxylic acids is 1. The van der Waals surface area contributed by atoms with Crippen LogP contribution in [0.5, 0.6) is 0 Å². The third-order valence-corrected chi connectivity index (χ3v) is 6.18. The first kappa shape index (κ1) is 18.7. The molecule has 1 amide bonds. The Morgan fingerprint density at radius 1 is 1.14 bits per heavy atom. The highest BCUT2D eigenvalue weighted by molar-refractivity contribution is 7.13. The maximum Gasteiger partial charge on any atom is 0.227 e. The summed E-state index contributed by atoms with van der Waals surface area (Å²) >= 11 is 1.57. The lowest BCUT2D eigenvalue weighted by molar-refractivity contribution is -0.131. The largest absolute Gasteiger partial charge is 0.368 e. The van der Waals surface area contributed by atoms with E-state index in [9.17, 15) is 4.79 Å². The number of aromatic nitrogens is 2. The van der Waals surface area contributed by atoms with Crippen LogP contribution >= 0.6 is 11.3 Å². The lowest BCUT2D eigenvalue weighted by Crippen LogP contribution is -2.49. The minimum atomic E-state index is 0.150. The lowest BCUT2D eigenvalue weighted by Gasteiger charge is -2.37. The molecular weight excluding hydrogens is 372 g/mol. The zero-order chi connectivity index (χ0) is 19.5. The van der Waals surface area contributed by atoms with Crippen molar-refractivity contribution in [2.75, 3.05) is 31.1 Å². The van der Waals surface area contributed by atoms with E-state index in [2.05, 4.69) is 47.1 Å². The fourth-order valence-corrected chi connectivity index (χ4v) is 4.16. The van der Waals surface area contributed by atoms with E-state index in [4.69, 9.17) is 4.52 Å². The van der Waals surface area contributed by atoms with Crippen molar-refractivity contribution in [2.24, 2.45) is 0 Å². The third-order valence-electron chi connectivity index (χ3n) is 5.31. The van der Waals surface area contributed by atoms with Gasteiger partial charge in [0.2, 0.25) is 17.6 Å². The SMILES string of the molecule is Cc1cccc(N2CCN(C(=O)CCc3nc(-c4cccs4)no3)CC2)c1C. The van der Waals surface area contributed by atoms with Gasteiger partial charge in [0.15, 0.2) is 0 Å². The number of thiophene rings is 1. The van der Waals surface area contributed by atoms with Gasteiger partial charge in [0, 0.05) is 44.7 Å². The average Bonchev–Trinajstić information content (AvgIpc) is 3.40. The Morgan fingerprint density at radius 2 is 1.96 bits per heavy atom. The molecule has 2 aromatic heterocycles. The summed E-state index contributed by atoms with van der Waals surface area (Å²) in [5.41, 5.74) is 3.90. The Kier molecular flexibility index (Phi) is 5.43. The molecule has 1 aliphatic rings. The van der Waals surface area contributed by atoms with E-state index in [0.29, 0.717) is 24.6 Å². The van der Waals surface area contributed by atoms with Crippen LogP contribution in [-0.2, 0) is 11.2 Å². The Morgan fingerprint density at radius 3 is 2.71 bits per heavy atom. The number of nitrogens with zero attached hydrogens (tertiary/aromatic N) is 4. The summed E-state index contributed by atoms with van der Waals surface area (Å²) in [6.07, 6.45) is 0.879. The molecule has 7 heteroatoms. The van der Waals surface area contributed by atoms with Gasteiger partial charge in [-0.05, 0) is 42.5 Å². The molecule has 3 aromatic rings. The van der Waals surface area contributed by atoms with E-state index >= 15 is 0 Å². The van der Waals surface area contributed by atoms with Crippen LogP contribution in [0.2, 0.25) is 0 Å². The Hall–Kier alpha value is -2.67. The normalized spacial score (nSPS) is 14.5. The molecule has 3 heterocycles. The predicted octanol–water partition coefficient (Wildman–Crippen LogP) is 3.70. The molecule has 0 spiro atoms. The van der Waals surface area contributed by atoms with E-state index in [0.717, 1.165) is 31.1 Å². The molecule has 0 N–H and O–H groups in total. The summed E-state index contributed by atoms with van der Waals surface area (Å²) in [6, 6.07) is 10.3. The number of hydrogen-bond donors (Lipinski definition) is 0. The van der Waals surface area contributed by atoms with Crippen LogP contribution in [0, 0.1) is 13.8 Å². The summed E-state index contributed by atoms with van der Waals surface area (Å²) in [7, 11) is 0. The van der Waals surface area contributed by atoms with E-state index in [-0.39, 0.29) is 5.91 Å². The summed E-state index contributed by atoms with van der Waals surface area (Å²) in [5, 5.41) is 5.98. The molecule has 0 saturated carbocycles. The number of anilines is 1. The van der Waals surface area contributed by atoms with E-state index in [1.54, 1.807) is 11.3 Å². The predicted molar refractivity (Wildman–Crippen MR) is 111 cm³/mol. The van der Waals surface area contributed by atoms with Crippen molar-refractivity contribution in [1.29, 1.82) is 0 Å². The van der Waals surface area contributed by atoms with Crippen LogP contribution in [0.25, 0.3) is 10.7 Å². The molecule has 146 valence electrons. The number of carbonyl (C=O) groups is 1. The second-order valence-corrected chi connectivity index (χ2v) is 8.02. The van der Waals surface area contributed by atoms with Crippen LogP contribution in [0.15, 0.2) is 40.2 Å². The maximum atomic E-state index is 12.6. The van der Waals surface area contributed by atoms with Crippen molar-refractivity contribution < 1.29 is 9.32 Å². The fraction of sp³-hybridized carbons (Fsp3) is 0.381. The Balaban J connectivity index is 1.29. The molecule has 1 aliphatic heterocycles. The van der Waals surface area contributed by atoms with Gasteiger partial charge in [-0.3, -0.25) is 4.79 Å².